The van der Waals surface area contributed by atoms with Crippen molar-refractivity contribution in [2.75, 3.05) is 79.3 Å². The van der Waals surface area contributed by atoms with Gasteiger partial charge in [0.15, 0.2) is 25.2 Å². The van der Waals surface area contributed by atoms with Gasteiger partial charge in [-0.3, -0.25) is 0 Å². The van der Waals surface area contributed by atoms with E-state index >= 15 is 0 Å². The van der Waals surface area contributed by atoms with Gasteiger partial charge >= 0.3 is 0 Å². The summed E-state index contributed by atoms with van der Waals surface area (Å²) in [7, 11) is 0. The van der Waals surface area contributed by atoms with Crippen LogP contribution in [0.4, 0.5) is 0 Å². The first-order chi connectivity index (χ1) is 15.8. The Morgan fingerprint density at radius 2 is 0.562 bits per heavy atom. The van der Waals surface area contributed by atoms with Crippen LogP contribution in [0.2, 0.25) is 0 Å². The lowest BCUT2D eigenvalue weighted by molar-refractivity contribution is -0.350. The molecule has 12 saturated heterocycles. The SMILES string of the molecule is C1COCC2OCC3OC(COCCOCC4OCC5OC(CO1)OCC5O4)OCC3O2. The van der Waals surface area contributed by atoms with E-state index in [0.717, 1.165) is 0 Å². The minimum atomic E-state index is -0.462. The van der Waals surface area contributed by atoms with Crippen LogP contribution < -0.4 is 0 Å². The van der Waals surface area contributed by atoms with Crippen LogP contribution in [0.5, 0.6) is 0 Å². The number of ether oxygens (including phenoxy) is 12. The lowest BCUT2D eigenvalue weighted by Gasteiger charge is -2.41. The molecule has 12 nitrogen and oxygen atoms in total. The Balaban J connectivity index is 1.11. The fourth-order valence-electron chi connectivity index (χ4n) is 3.99. The Morgan fingerprint density at radius 3 is 0.812 bits per heavy atom. The average molecular weight is 464 g/mol. The summed E-state index contributed by atoms with van der Waals surface area (Å²) in [6, 6.07) is 0. The summed E-state index contributed by atoms with van der Waals surface area (Å²) in [5.74, 6) is 0. The fraction of sp³-hybridized carbons (Fsp3) is 1.00. The molecule has 12 heteroatoms. The van der Waals surface area contributed by atoms with Crippen LogP contribution in [-0.2, 0) is 56.8 Å². The van der Waals surface area contributed by atoms with E-state index in [-0.39, 0.29) is 24.4 Å². The Hall–Kier alpha value is -0.480. The molecule has 0 spiro atoms. The van der Waals surface area contributed by atoms with Gasteiger partial charge in [0.2, 0.25) is 0 Å². The van der Waals surface area contributed by atoms with Gasteiger partial charge in [0, 0.05) is 0 Å². The molecule has 0 aliphatic carbocycles. The highest BCUT2D eigenvalue weighted by Crippen LogP contribution is 2.24. The molecular formula is C20H32O12. The normalized spacial score (nSPS) is 45.0. The predicted molar refractivity (Wildman–Crippen MR) is 102 cm³/mol. The predicted octanol–water partition coefficient (Wildman–Crippen LogP) is -0.968. The van der Waals surface area contributed by atoms with Crippen molar-refractivity contribution in [3.63, 3.8) is 0 Å². The molecule has 8 bridgehead atoms. The zero-order valence-electron chi connectivity index (χ0n) is 18.0. The van der Waals surface area contributed by atoms with Crippen LogP contribution in [0.15, 0.2) is 0 Å². The quantitative estimate of drug-likeness (QED) is 0.440. The van der Waals surface area contributed by atoms with E-state index in [9.17, 15) is 0 Å². The van der Waals surface area contributed by atoms with Crippen LogP contribution in [-0.4, -0.2) is 129 Å². The molecule has 12 heterocycles. The summed E-state index contributed by atoms with van der Waals surface area (Å²) >= 11 is 0. The number of hydrogen-bond acceptors (Lipinski definition) is 12. The monoisotopic (exact) mass is 464 g/mol. The summed E-state index contributed by atoms with van der Waals surface area (Å²) in [4.78, 5) is 0. The summed E-state index contributed by atoms with van der Waals surface area (Å²) in [5.41, 5.74) is 0. The number of hydrogen-bond donors (Lipinski definition) is 0. The first-order valence-electron chi connectivity index (χ1n) is 11.2. The standard InChI is InChI=1S/C20H32O12/c1-2-22-10-18-26-7-16-15(30-18)8-28-20(32-16)12-24-4-3-23-11-19-27-6-13-14(31-19)5-25-17(29-13)9-21-1/h13-20H,1-12H2. The number of rotatable bonds is 0. The smallest absolute Gasteiger partial charge is 0.181 e. The average Bonchev–Trinajstić information content (AvgIpc) is 2.82. The van der Waals surface area contributed by atoms with Gasteiger partial charge in [0.25, 0.3) is 0 Å². The van der Waals surface area contributed by atoms with Gasteiger partial charge in [0.05, 0.1) is 79.3 Å². The second kappa shape index (κ2) is 11.8. The summed E-state index contributed by atoms with van der Waals surface area (Å²) in [6.07, 6.45) is -2.63. The summed E-state index contributed by atoms with van der Waals surface area (Å²) < 4.78 is 68.8. The molecule has 0 aromatic rings. The second-order valence-corrected chi connectivity index (χ2v) is 8.05. The van der Waals surface area contributed by atoms with Crippen molar-refractivity contribution >= 4 is 0 Å². The van der Waals surface area contributed by atoms with Crippen LogP contribution in [0.25, 0.3) is 0 Å². The zero-order chi connectivity index (χ0) is 21.6. The first-order valence-corrected chi connectivity index (χ1v) is 11.2. The summed E-state index contributed by atoms with van der Waals surface area (Å²) in [6.45, 7) is 4.46. The Bertz CT molecular complexity index is 471. The third-order valence-electron chi connectivity index (χ3n) is 5.68. The van der Waals surface area contributed by atoms with E-state index in [1.807, 2.05) is 0 Å². The van der Waals surface area contributed by atoms with Crippen LogP contribution in [0.3, 0.4) is 0 Å². The fourth-order valence-corrected chi connectivity index (χ4v) is 3.99. The molecule has 0 N–H and O–H groups in total. The van der Waals surface area contributed by atoms with Crippen molar-refractivity contribution in [3.8, 4) is 0 Å². The molecule has 12 aliphatic heterocycles. The molecule has 0 saturated carbocycles. The maximum Gasteiger partial charge on any atom is 0.181 e. The van der Waals surface area contributed by atoms with Gasteiger partial charge in [-0.05, 0) is 0 Å². The van der Waals surface area contributed by atoms with Crippen molar-refractivity contribution in [2.45, 2.75) is 49.6 Å². The molecule has 8 unspecified atom stereocenters. The van der Waals surface area contributed by atoms with Crippen LogP contribution in [0, 0.1) is 0 Å². The molecule has 0 aromatic carbocycles. The molecule has 8 atom stereocenters. The van der Waals surface area contributed by atoms with Crippen molar-refractivity contribution in [1.82, 2.24) is 0 Å². The van der Waals surface area contributed by atoms with Gasteiger partial charge in [-0.1, -0.05) is 0 Å². The second-order valence-electron chi connectivity index (χ2n) is 8.05. The lowest BCUT2D eigenvalue weighted by atomic mass is 10.2. The van der Waals surface area contributed by atoms with E-state index in [1.165, 1.54) is 0 Å². The Morgan fingerprint density at radius 1 is 0.312 bits per heavy atom. The highest BCUT2D eigenvalue weighted by molar-refractivity contribution is 4.80. The van der Waals surface area contributed by atoms with E-state index in [1.54, 1.807) is 0 Å². The van der Waals surface area contributed by atoms with Crippen molar-refractivity contribution < 1.29 is 56.8 Å². The first kappa shape index (κ1) is 23.3. The third kappa shape index (κ3) is 6.34. The third-order valence-corrected chi connectivity index (χ3v) is 5.68. The van der Waals surface area contributed by atoms with Gasteiger partial charge in [0.1, 0.15) is 24.4 Å². The van der Waals surface area contributed by atoms with Gasteiger partial charge in [-0.25, -0.2) is 0 Å². The van der Waals surface area contributed by atoms with Crippen molar-refractivity contribution in [1.29, 1.82) is 0 Å². The van der Waals surface area contributed by atoms with E-state index < -0.39 is 25.2 Å². The molecule has 0 radical (unpaired) electrons. The molecule has 12 fully saturated rings. The maximum absolute atomic E-state index is 5.88. The molecule has 32 heavy (non-hydrogen) atoms. The molecule has 0 amide bonds. The topological polar surface area (TPSA) is 111 Å². The molecular weight excluding hydrogens is 432 g/mol. The van der Waals surface area contributed by atoms with Crippen molar-refractivity contribution in [3.05, 3.63) is 0 Å². The molecule has 12 rings (SSSR count). The van der Waals surface area contributed by atoms with Gasteiger partial charge < -0.3 is 56.8 Å². The molecule has 12 aliphatic rings. The zero-order valence-corrected chi connectivity index (χ0v) is 18.0. The minimum Gasteiger partial charge on any atom is -0.374 e. The Kier molecular flexibility index (Phi) is 8.56. The van der Waals surface area contributed by atoms with Gasteiger partial charge in [-0.2, -0.15) is 0 Å². The van der Waals surface area contributed by atoms with Gasteiger partial charge in [-0.15, -0.1) is 0 Å². The molecule has 0 aromatic heterocycles. The van der Waals surface area contributed by atoms with E-state index in [4.69, 9.17) is 56.8 Å². The highest BCUT2D eigenvalue weighted by Gasteiger charge is 2.40. The van der Waals surface area contributed by atoms with E-state index in [2.05, 4.69) is 0 Å². The van der Waals surface area contributed by atoms with Crippen molar-refractivity contribution in [2.24, 2.45) is 0 Å². The van der Waals surface area contributed by atoms with E-state index in [0.29, 0.717) is 79.3 Å². The summed E-state index contributed by atoms with van der Waals surface area (Å²) in [5, 5.41) is 0. The minimum absolute atomic E-state index is 0.196. The largest absolute Gasteiger partial charge is 0.374 e. The molecule has 184 valence electrons. The maximum atomic E-state index is 5.88. The highest BCUT2D eigenvalue weighted by atomic mass is 16.8. The Labute approximate surface area is 186 Å². The van der Waals surface area contributed by atoms with Crippen LogP contribution >= 0.6 is 0 Å². The lowest BCUT2D eigenvalue weighted by Crippen LogP contribution is -2.55. The van der Waals surface area contributed by atoms with Crippen LogP contribution in [0.1, 0.15) is 0 Å².